The molecule has 1 heterocycles. The lowest BCUT2D eigenvalue weighted by Gasteiger charge is -2.27. The highest BCUT2D eigenvalue weighted by molar-refractivity contribution is 6.25. The molecular weight excluding hydrogens is 581 g/mol. The molecule has 0 fully saturated rings. The summed E-state index contributed by atoms with van der Waals surface area (Å²) in [4.78, 5) is 2.41. The van der Waals surface area contributed by atoms with E-state index in [2.05, 4.69) is 181 Å². The molecule has 10 aromatic rings. The van der Waals surface area contributed by atoms with E-state index in [1.165, 1.54) is 81.7 Å². The van der Waals surface area contributed by atoms with E-state index < -0.39 is 0 Å². The molecule has 226 valence electrons. The molecule has 0 aliphatic heterocycles. The van der Waals surface area contributed by atoms with Crippen LogP contribution in [0.5, 0.6) is 0 Å². The van der Waals surface area contributed by atoms with Crippen molar-refractivity contribution in [3.05, 3.63) is 169 Å². The van der Waals surface area contributed by atoms with Crippen molar-refractivity contribution >= 4 is 81.8 Å². The number of fused-ring (bicyclic) bond motifs is 4. The normalized spacial score (nSPS) is 12.0. The largest absolute Gasteiger partial charge is 0.312 e. The second-order valence-corrected chi connectivity index (χ2v) is 13.0. The molecule has 0 bridgehead atoms. The summed E-state index contributed by atoms with van der Waals surface area (Å²) in [7, 11) is 0. The fourth-order valence-electron chi connectivity index (χ4n) is 8.13. The minimum absolute atomic E-state index is 1.13. The summed E-state index contributed by atoms with van der Waals surface area (Å²) < 4.78 is 2.52. The smallest absolute Gasteiger partial charge is 0.0613 e. The molecule has 10 rings (SSSR count). The van der Waals surface area contributed by atoms with Crippen LogP contribution in [-0.4, -0.2) is 4.57 Å². The molecular formula is C46H32N2. The number of para-hydroxylation sites is 1. The SMILES string of the molecule is Cc1c(C)n(-c2ccc3ccc4cccc5ccc2c3c45)c2c1ccc1c(N(c3ccccc3)c3ccc4ccccc4c3)cccc12. The Bertz CT molecular complexity index is 2840. The van der Waals surface area contributed by atoms with E-state index >= 15 is 0 Å². The average molecular weight is 613 g/mol. The van der Waals surface area contributed by atoms with Gasteiger partial charge in [0.05, 0.1) is 16.9 Å². The van der Waals surface area contributed by atoms with E-state index in [0.29, 0.717) is 0 Å². The molecule has 1 aromatic heterocycles. The van der Waals surface area contributed by atoms with Crippen LogP contribution in [0, 0.1) is 13.8 Å². The first-order chi connectivity index (χ1) is 23.7. The highest BCUT2D eigenvalue weighted by Gasteiger charge is 2.21. The quantitative estimate of drug-likeness (QED) is 0.180. The minimum Gasteiger partial charge on any atom is -0.312 e. The molecule has 2 nitrogen and oxygen atoms in total. The monoisotopic (exact) mass is 612 g/mol. The number of nitrogens with zero attached hydrogens (tertiary/aromatic N) is 2. The second kappa shape index (κ2) is 10.2. The lowest BCUT2D eigenvalue weighted by Crippen LogP contribution is -2.10. The number of hydrogen-bond acceptors (Lipinski definition) is 1. The molecule has 0 amide bonds. The highest BCUT2D eigenvalue weighted by atomic mass is 15.1. The fourth-order valence-corrected chi connectivity index (χ4v) is 8.13. The number of hydrogen-bond donors (Lipinski definition) is 0. The molecule has 0 aliphatic carbocycles. The van der Waals surface area contributed by atoms with Gasteiger partial charge in [0.2, 0.25) is 0 Å². The molecule has 2 heteroatoms. The zero-order chi connectivity index (χ0) is 31.9. The molecule has 0 spiro atoms. The average Bonchev–Trinajstić information content (AvgIpc) is 3.40. The Morgan fingerprint density at radius 1 is 0.417 bits per heavy atom. The predicted molar refractivity (Wildman–Crippen MR) is 206 cm³/mol. The zero-order valence-electron chi connectivity index (χ0n) is 26.9. The van der Waals surface area contributed by atoms with Crippen LogP contribution in [0.25, 0.3) is 70.5 Å². The van der Waals surface area contributed by atoms with E-state index in [1.54, 1.807) is 0 Å². The first-order valence-electron chi connectivity index (χ1n) is 16.7. The Balaban J connectivity index is 1.28. The second-order valence-electron chi connectivity index (χ2n) is 13.0. The van der Waals surface area contributed by atoms with Crippen molar-refractivity contribution < 1.29 is 0 Å². The van der Waals surface area contributed by atoms with Crippen molar-refractivity contribution in [1.29, 1.82) is 0 Å². The summed E-state index contributed by atoms with van der Waals surface area (Å²) in [6.07, 6.45) is 0. The Morgan fingerprint density at radius 2 is 1.04 bits per heavy atom. The van der Waals surface area contributed by atoms with Gasteiger partial charge in [0.15, 0.2) is 0 Å². The Kier molecular flexibility index (Phi) is 5.74. The van der Waals surface area contributed by atoms with Crippen LogP contribution in [-0.2, 0) is 0 Å². The third-order valence-corrected chi connectivity index (χ3v) is 10.5. The first kappa shape index (κ1) is 27.0. The van der Waals surface area contributed by atoms with Gasteiger partial charge >= 0.3 is 0 Å². The molecule has 0 radical (unpaired) electrons. The van der Waals surface area contributed by atoms with Crippen LogP contribution in [0.3, 0.4) is 0 Å². The van der Waals surface area contributed by atoms with Crippen LogP contribution in [0.2, 0.25) is 0 Å². The maximum absolute atomic E-state index is 2.52. The number of aromatic nitrogens is 1. The molecule has 48 heavy (non-hydrogen) atoms. The van der Waals surface area contributed by atoms with Gasteiger partial charge in [-0.15, -0.1) is 0 Å². The third-order valence-electron chi connectivity index (χ3n) is 10.5. The van der Waals surface area contributed by atoms with Gasteiger partial charge in [0.1, 0.15) is 0 Å². The van der Waals surface area contributed by atoms with Crippen molar-refractivity contribution in [2.75, 3.05) is 4.90 Å². The van der Waals surface area contributed by atoms with Gasteiger partial charge in [-0.25, -0.2) is 0 Å². The summed E-state index contributed by atoms with van der Waals surface area (Å²) in [5.41, 5.74) is 8.51. The molecule has 0 atom stereocenters. The summed E-state index contributed by atoms with van der Waals surface area (Å²) >= 11 is 0. The van der Waals surface area contributed by atoms with Crippen molar-refractivity contribution in [2.45, 2.75) is 13.8 Å². The van der Waals surface area contributed by atoms with Gasteiger partial charge in [0.25, 0.3) is 0 Å². The van der Waals surface area contributed by atoms with E-state index in [0.717, 1.165) is 17.1 Å². The van der Waals surface area contributed by atoms with Crippen molar-refractivity contribution in [1.82, 2.24) is 4.57 Å². The van der Waals surface area contributed by atoms with Crippen LogP contribution in [0.4, 0.5) is 17.1 Å². The molecule has 9 aromatic carbocycles. The number of rotatable bonds is 4. The predicted octanol–water partition coefficient (Wildman–Crippen LogP) is 12.9. The Labute approximate surface area is 279 Å². The van der Waals surface area contributed by atoms with Gasteiger partial charge in [-0.1, -0.05) is 121 Å². The zero-order valence-corrected chi connectivity index (χ0v) is 26.9. The van der Waals surface area contributed by atoms with Crippen molar-refractivity contribution in [3.63, 3.8) is 0 Å². The fraction of sp³-hybridized carbons (Fsp3) is 0.0435. The number of anilines is 3. The van der Waals surface area contributed by atoms with Crippen LogP contribution in [0.1, 0.15) is 11.3 Å². The maximum Gasteiger partial charge on any atom is 0.0613 e. The Hall–Kier alpha value is -6.12. The molecule has 0 aliphatic rings. The topological polar surface area (TPSA) is 8.17 Å². The third kappa shape index (κ3) is 3.80. The van der Waals surface area contributed by atoms with E-state index in [9.17, 15) is 0 Å². The van der Waals surface area contributed by atoms with Gasteiger partial charge in [-0.2, -0.15) is 0 Å². The molecule has 0 N–H and O–H groups in total. The van der Waals surface area contributed by atoms with Gasteiger partial charge in [-0.05, 0) is 93.5 Å². The summed E-state index contributed by atoms with van der Waals surface area (Å²) in [5, 5.41) is 14.1. The summed E-state index contributed by atoms with van der Waals surface area (Å²) in [6.45, 7) is 4.54. The first-order valence-corrected chi connectivity index (χ1v) is 16.7. The van der Waals surface area contributed by atoms with Crippen molar-refractivity contribution in [3.8, 4) is 5.69 Å². The molecule has 0 unspecified atom stereocenters. The number of aryl methyl sites for hydroxylation is 1. The van der Waals surface area contributed by atoms with Gasteiger partial charge < -0.3 is 9.47 Å². The number of benzene rings is 9. The van der Waals surface area contributed by atoms with Crippen LogP contribution in [0.15, 0.2) is 158 Å². The lowest BCUT2D eigenvalue weighted by molar-refractivity contribution is 1.05. The molecule has 0 saturated carbocycles. The Morgan fingerprint density at radius 3 is 1.88 bits per heavy atom. The van der Waals surface area contributed by atoms with E-state index in [1.807, 2.05) is 0 Å². The maximum atomic E-state index is 2.52. The van der Waals surface area contributed by atoms with Crippen LogP contribution >= 0.6 is 0 Å². The van der Waals surface area contributed by atoms with E-state index in [-0.39, 0.29) is 0 Å². The van der Waals surface area contributed by atoms with Crippen molar-refractivity contribution in [2.24, 2.45) is 0 Å². The molecule has 0 saturated heterocycles. The summed E-state index contributed by atoms with van der Waals surface area (Å²) in [6, 6.07) is 58.0. The van der Waals surface area contributed by atoms with E-state index in [4.69, 9.17) is 0 Å². The lowest BCUT2D eigenvalue weighted by atomic mass is 9.93. The summed E-state index contributed by atoms with van der Waals surface area (Å²) in [5.74, 6) is 0. The van der Waals surface area contributed by atoms with Gasteiger partial charge in [-0.3, -0.25) is 0 Å². The minimum atomic E-state index is 1.13. The van der Waals surface area contributed by atoms with Gasteiger partial charge in [0, 0.05) is 38.6 Å². The standard InChI is InChI=1S/C46H32N2/c1-29-30(2)47(43-27-22-34-19-18-32-12-8-13-33-21-24-41(43)45(34)44(32)33)46-38(29)25-26-39-40(46)16-9-17-42(39)48(36-14-4-3-5-15-36)37-23-20-31-10-6-7-11-35(31)28-37/h3-28H,1-2H3. The highest BCUT2D eigenvalue weighted by Crippen LogP contribution is 2.44. The van der Waals surface area contributed by atoms with Crippen LogP contribution < -0.4 is 4.90 Å².